The lowest BCUT2D eigenvalue weighted by Crippen LogP contribution is -2.48. The smallest absolute Gasteiger partial charge is 0.240 e. The maximum absolute atomic E-state index is 12.3. The lowest BCUT2D eigenvalue weighted by molar-refractivity contribution is -0.121. The second kappa shape index (κ2) is 6.99. The molecule has 7 nitrogen and oxygen atoms in total. The summed E-state index contributed by atoms with van der Waals surface area (Å²) in [6.07, 6.45) is 1.38. The zero-order valence-corrected chi connectivity index (χ0v) is 16.0. The van der Waals surface area contributed by atoms with Gasteiger partial charge < -0.3 is 10.1 Å². The fraction of sp³-hybridized carbons (Fsp3) is 0.500. The number of morpholine rings is 1. The van der Waals surface area contributed by atoms with E-state index in [1.54, 1.807) is 12.1 Å². The van der Waals surface area contributed by atoms with Gasteiger partial charge in [0.15, 0.2) is 15.0 Å². The average Bonchev–Trinajstić information content (AvgIpc) is 2.85. The van der Waals surface area contributed by atoms with E-state index >= 15 is 0 Å². The molecule has 1 N–H and O–H groups in total. The first-order valence-electron chi connectivity index (χ1n) is 7.99. The first kappa shape index (κ1) is 18.2. The van der Waals surface area contributed by atoms with E-state index in [0.29, 0.717) is 10.6 Å². The van der Waals surface area contributed by atoms with Gasteiger partial charge in [-0.2, -0.15) is 0 Å². The van der Waals surface area contributed by atoms with Gasteiger partial charge in [-0.25, -0.2) is 13.4 Å². The predicted molar refractivity (Wildman–Crippen MR) is 97.8 cm³/mol. The highest BCUT2D eigenvalue weighted by molar-refractivity contribution is 7.90. The lowest BCUT2D eigenvalue weighted by Gasteiger charge is -2.34. The summed E-state index contributed by atoms with van der Waals surface area (Å²) in [4.78, 5) is 18.9. The summed E-state index contributed by atoms with van der Waals surface area (Å²) in [5.41, 5.74) is 0.668. The third kappa shape index (κ3) is 4.55. The Bertz CT molecular complexity index is 884. The van der Waals surface area contributed by atoms with Crippen LogP contribution in [-0.2, 0) is 19.4 Å². The number of nitrogens with zero attached hydrogens (tertiary/aromatic N) is 2. The van der Waals surface area contributed by atoms with Crippen LogP contribution in [0.5, 0.6) is 0 Å². The highest BCUT2D eigenvalue weighted by atomic mass is 32.2. The van der Waals surface area contributed by atoms with Crippen LogP contribution in [0.1, 0.15) is 13.8 Å². The summed E-state index contributed by atoms with van der Waals surface area (Å²) >= 11 is 1.27. The number of thiazole rings is 1. The van der Waals surface area contributed by atoms with Crippen LogP contribution >= 0.6 is 11.3 Å². The number of hydrogen-bond donors (Lipinski definition) is 1. The quantitative estimate of drug-likeness (QED) is 0.865. The standard InChI is InChI=1S/C16H21N3O4S2/c1-10-7-19(8-11(2)23-10)9-15(20)18-16-17-13-5-4-12(25(3,21)22)6-14(13)24-16/h4-6,10-11H,7-9H2,1-3H3,(H,17,18,20)/t10-,11+. The van der Waals surface area contributed by atoms with Crippen LogP contribution in [-0.4, -0.2) is 62.3 Å². The van der Waals surface area contributed by atoms with Gasteiger partial charge >= 0.3 is 0 Å². The van der Waals surface area contributed by atoms with Crippen molar-refractivity contribution in [1.82, 2.24) is 9.88 Å². The Morgan fingerprint density at radius 2 is 2.04 bits per heavy atom. The second-order valence-corrected chi connectivity index (χ2v) is 9.47. The highest BCUT2D eigenvalue weighted by Crippen LogP contribution is 2.28. The molecule has 0 saturated carbocycles. The van der Waals surface area contributed by atoms with Crippen molar-refractivity contribution in [2.75, 3.05) is 31.2 Å². The minimum Gasteiger partial charge on any atom is -0.373 e. The average molecular weight is 383 g/mol. The number of nitrogens with one attached hydrogen (secondary N) is 1. The van der Waals surface area contributed by atoms with E-state index in [1.807, 2.05) is 13.8 Å². The summed E-state index contributed by atoms with van der Waals surface area (Å²) in [7, 11) is -3.26. The van der Waals surface area contributed by atoms with Crippen molar-refractivity contribution in [2.24, 2.45) is 0 Å². The number of sulfone groups is 1. The van der Waals surface area contributed by atoms with Gasteiger partial charge in [0, 0.05) is 19.3 Å². The number of hydrogen-bond acceptors (Lipinski definition) is 7. The minimum absolute atomic E-state index is 0.105. The summed E-state index contributed by atoms with van der Waals surface area (Å²) in [6, 6.07) is 4.77. The fourth-order valence-electron chi connectivity index (χ4n) is 2.96. The number of amides is 1. The van der Waals surface area contributed by atoms with Gasteiger partial charge in [-0.1, -0.05) is 11.3 Å². The van der Waals surface area contributed by atoms with Crippen LogP contribution in [0.15, 0.2) is 23.1 Å². The van der Waals surface area contributed by atoms with Crippen molar-refractivity contribution in [3.05, 3.63) is 18.2 Å². The first-order chi connectivity index (χ1) is 11.7. The lowest BCUT2D eigenvalue weighted by atomic mass is 10.2. The van der Waals surface area contributed by atoms with Crippen molar-refractivity contribution in [3.8, 4) is 0 Å². The Hall–Kier alpha value is -1.55. The maximum Gasteiger partial charge on any atom is 0.240 e. The molecule has 2 atom stereocenters. The van der Waals surface area contributed by atoms with Gasteiger partial charge in [0.05, 0.1) is 33.9 Å². The van der Waals surface area contributed by atoms with Crippen LogP contribution in [0.3, 0.4) is 0 Å². The molecule has 1 fully saturated rings. The second-order valence-electron chi connectivity index (χ2n) is 6.42. The van der Waals surface area contributed by atoms with Crippen LogP contribution < -0.4 is 5.32 Å². The number of carbonyl (C=O) groups is 1. The topological polar surface area (TPSA) is 88.6 Å². The highest BCUT2D eigenvalue weighted by Gasteiger charge is 2.24. The Morgan fingerprint density at radius 3 is 2.68 bits per heavy atom. The summed E-state index contributed by atoms with van der Waals surface area (Å²) < 4.78 is 29.7. The summed E-state index contributed by atoms with van der Waals surface area (Å²) in [6.45, 7) is 5.70. The zero-order chi connectivity index (χ0) is 18.2. The number of fused-ring (bicyclic) bond motifs is 1. The zero-order valence-electron chi connectivity index (χ0n) is 14.4. The molecule has 0 unspecified atom stereocenters. The molecule has 25 heavy (non-hydrogen) atoms. The number of ether oxygens (including phenoxy) is 1. The van der Waals surface area contributed by atoms with E-state index < -0.39 is 9.84 Å². The van der Waals surface area contributed by atoms with Crippen LogP contribution in [0.4, 0.5) is 5.13 Å². The molecule has 0 radical (unpaired) electrons. The third-order valence-electron chi connectivity index (χ3n) is 3.90. The van der Waals surface area contributed by atoms with Crippen LogP contribution in [0.2, 0.25) is 0 Å². The predicted octanol–water partition coefficient (Wildman–Crippen LogP) is 1.75. The number of anilines is 1. The monoisotopic (exact) mass is 383 g/mol. The minimum atomic E-state index is -3.26. The molecule has 1 aromatic heterocycles. The molecule has 2 aromatic rings. The molecule has 1 aromatic carbocycles. The molecule has 3 rings (SSSR count). The summed E-state index contributed by atoms with van der Waals surface area (Å²) in [5.74, 6) is -0.135. The molecule has 9 heteroatoms. The number of rotatable bonds is 4. The Morgan fingerprint density at radius 1 is 1.36 bits per heavy atom. The van der Waals surface area contributed by atoms with Gasteiger partial charge in [0.25, 0.3) is 0 Å². The molecular weight excluding hydrogens is 362 g/mol. The van der Waals surface area contributed by atoms with Gasteiger partial charge in [-0.3, -0.25) is 9.69 Å². The van der Waals surface area contributed by atoms with Crippen molar-refractivity contribution < 1.29 is 17.9 Å². The normalized spacial score (nSPS) is 22.2. The SMILES string of the molecule is C[C@@H]1CN(CC(=O)Nc2nc3ccc(S(C)(=O)=O)cc3s2)C[C@H](C)O1. The molecule has 1 aliphatic heterocycles. The number of benzene rings is 1. The maximum atomic E-state index is 12.3. The largest absolute Gasteiger partial charge is 0.373 e. The molecule has 0 bridgehead atoms. The van der Waals surface area contributed by atoms with Crippen molar-refractivity contribution in [2.45, 2.75) is 31.0 Å². The van der Waals surface area contributed by atoms with E-state index in [0.717, 1.165) is 17.8 Å². The first-order valence-corrected chi connectivity index (χ1v) is 10.7. The van der Waals surface area contributed by atoms with E-state index in [1.165, 1.54) is 23.7 Å². The Kier molecular flexibility index (Phi) is 5.10. The molecule has 2 heterocycles. The van der Waals surface area contributed by atoms with E-state index in [4.69, 9.17) is 4.74 Å². The van der Waals surface area contributed by atoms with Crippen LogP contribution in [0, 0.1) is 0 Å². The molecule has 136 valence electrons. The van der Waals surface area contributed by atoms with E-state index in [2.05, 4.69) is 15.2 Å². The Balaban J connectivity index is 1.69. The van der Waals surface area contributed by atoms with Crippen molar-refractivity contribution in [1.29, 1.82) is 0 Å². The van der Waals surface area contributed by atoms with E-state index in [-0.39, 0.29) is 29.6 Å². The molecule has 1 amide bonds. The van der Waals surface area contributed by atoms with Crippen molar-refractivity contribution >= 4 is 42.4 Å². The molecular formula is C16H21N3O4S2. The Labute approximate surface area is 150 Å². The van der Waals surface area contributed by atoms with Gasteiger partial charge in [-0.15, -0.1) is 0 Å². The van der Waals surface area contributed by atoms with Gasteiger partial charge in [0.2, 0.25) is 5.91 Å². The number of carbonyl (C=O) groups excluding carboxylic acids is 1. The van der Waals surface area contributed by atoms with Gasteiger partial charge in [-0.05, 0) is 32.0 Å². The van der Waals surface area contributed by atoms with Crippen LogP contribution in [0.25, 0.3) is 10.2 Å². The van der Waals surface area contributed by atoms with E-state index in [9.17, 15) is 13.2 Å². The fourth-order valence-corrected chi connectivity index (χ4v) is 4.61. The molecule has 0 aliphatic carbocycles. The van der Waals surface area contributed by atoms with Gasteiger partial charge in [0.1, 0.15) is 0 Å². The summed E-state index contributed by atoms with van der Waals surface area (Å²) in [5, 5.41) is 3.28. The molecule has 0 spiro atoms. The van der Waals surface area contributed by atoms with Crippen molar-refractivity contribution in [3.63, 3.8) is 0 Å². The number of aromatic nitrogens is 1. The molecule has 1 saturated heterocycles. The third-order valence-corrected chi connectivity index (χ3v) is 5.94. The molecule has 1 aliphatic rings.